The van der Waals surface area contributed by atoms with Gasteiger partial charge in [-0.3, -0.25) is 9.89 Å². The Morgan fingerprint density at radius 2 is 2.35 bits per heavy atom. The van der Waals surface area contributed by atoms with Crippen molar-refractivity contribution in [3.05, 3.63) is 40.6 Å². The van der Waals surface area contributed by atoms with Crippen molar-refractivity contribution in [1.29, 1.82) is 0 Å². The number of nitrogens with zero attached hydrogens (tertiary/aromatic N) is 4. The van der Waals surface area contributed by atoms with Crippen LogP contribution in [0.5, 0.6) is 0 Å². The third-order valence-electron chi connectivity index (χ3n) is 2.17. The predicted molar refractivity (Wildman–Crippen MR) is 64.1 cm³/mol. The Bertz CT molecular complexity index is 513. The second-order valence-electron chi connectivity index (χ2n) is 3.46. The van der Waals surface area contributed by atoms with Gasteiger partial charge in [0, 0.05) is 18.8 Å². The molecule has 2 aromatic rings. The standard InChI is InChI=1S/C10H10BrN5O/c1-16(5-9-13-6-14-15-9)10(17)7-2-3-12-8(11)4-7/h2-4,6H,5H2,1H3,(H,13,14,15). The van der Waals surface area contributed by atoms with Crippen molar-refractivity contribution in [2.75, 3.05) is 7.05 Å². The maximum absolute atomic E-state index is 12.0. The minimum absolute atomic E-state index is 0.0931. The average Bonchev–Trinajstić information content (AvgIpc) is 2.80. The fourth-order valence-electron chi connectivity index (χ4n) is 1.36. The van der Waals surface area contributed by atoms with Gasteiger partial charge in [0.2, 0.25) is 0 Å². The molecule has 7 heteroatoms. The van der Waals surface area contributed by atoms with E-state index >= 15 is 0 Å². The number of rotatable bonds is 3. The molecule has 6 nitrogen and oxygen atoms in total. The van der Waals surface area contributed by atoms with Crippen LogP contribution in [0.15, 0.2) is 29.3 Å². The number of halogens is 1. The van der Waals surface area contributed by atoms with Crippen LogP contribution in [0.1, 0.15) is 16.2 Å². The van der Waals surface area contributed by atoms with E-state index in [1.165, 1.54) is 6.33 Å². The highest BCUT2D eigenvalue weighted by Gasteiger charge is 2.13. The summed E-state index contributed by atoms with van der Waals surface area (Å²) in [6, 6.07) is 3.35. The van der Waals surface area contributed by atoms with Crippen LogP contribution in [0, 0.1) is 0 Å². The van der Waals surface area contributed by atoms with Gasteiger partial charge in [0.1, 0.15) is 16.8 Å². The molecule has 1 amide bonds. The summed E-state index contributed by atoms with van der Waals surface area (Å²) in [4.78, 5) is 21.5. The third kappa shape index (κ3) is 2.88. The maximum Gasteiger partial charge on any atom is 0.254 e. The van der Waals surface area contributed by atoms with Crippen LogP contribution in [0.4, 0.5) is 0 Å². The molecule has 0 spiro atoms. The Morgan fingerprint density at radius 3 is 3.00 bits per heavy atom. The average molecular weight is 296 g/mol. The topological polar surface area (TPSA) is 74.8 Å². The number of H-pyrrole nitrogens is 1. The Morgan fingerprint density at radius 1 is 1.53 bits per heavy atom. The molecule has 0 fully saturated rings. The molecule has 2 aromatic heterocycles. The Hall–Kier alpha value is -1.76. The van der Waals surface area contributed by atoms with E-state index in [2.05, 4.69) is 36.1 Å². The molecule has 0 atom stereocenters. The SMILES string of the molecule is CN(Cc1ncn[nH]1)C(=O)c1ccnc(Br)c1. The second kappa shape index (κ2) is 5.05. The lowest BCUT2D eigenvalue weighted by atomic mass is 10.2. The first kappa shape index (κ1) is 11.7. The van der Waals surface area contributed by atoms with Crippen LogP contribution in [0.3, 0.4) is 0 Å². The fourth-order valence-corrected chi connectivity index (χ4v) is 1.72. The number of amides is 1. The Balaban J connectivity index is 2.09. The summed E-state index contributed by atoms with van der Waals surface area (Å²) < 4.78 is 0.636. The summed E-state index contributed by atoms with van der Waals surface area (Å²) in [5.41, 5.74) is 0.578. The molecular weight excluding hydrogens is 286 g/mol. The molecule has 0 bridgehead atoms. The van der Waals surface area contributed by atoms with Crippen molar-refractivity contribution in [3.63, 3.8) is 0 Å². The molecule has 0 aliphatic carbocycles. The highest BCUT2D eigenvalue weighted by atomic mass is 79.9. The van der Waals surface area contributed by atoms with Crippen molar-refractivity contribution < 1.29 is 4.79 Å². The zero-order valence-electron chi connectivity index (χ0n) is 9.09. The van der Waals surface area contributed by atoms with Crippen molar-refractivity contribution >= 4 is 21.8 Å². The summed E-state index contributed by atoms with van der Waals surface area (Å²) in [7, 11) is 1.71. The van der Waals surface area contributed by atoms with Crippen molar-refractivity contribution in [2.45, 2.75) is 6.54 Å². The number of hydrogen-bond donors (Lipinski definition) is 1. The van der Waals surface area contributed by atoms with E-state index in [1.807, 2.05) is 0 Å². The molecule has 17 heavy (non-hydrogen) atoms. The lowest BCUT2D eigenvalue weighted by Gasteiger charge is -2.15. The fraction of sp³-hybridized carbons (Fsp3) is 0.200. The molecule has 2 heterocycles. The zero-order chi connectivity index (χ0) is 12.3. The van der Waals surface area contributed by atoms with Crippen molar-refractivity contribution in [3.8, 4) is 0 Å². The summed E-state index contributed by atoms with van der Waals surface area (Å²) in [5, 5.41) is 6.44. The van der Waals surface area contributed by atoms with E-state index in [0.717, 1.165) is 0 Å². The van der Waals surface area contributed by atoms with Crippen molar-refractivity contribution in [2.24, 2.45) is 0 Å². The summed E-state index contributed by atoms with van der Waals surface area (Å²) in [6.07, 6.45) is 3.00. The molecule has 2 rings (SSSR count). The molecule has 0 radical (unpaired) electrons. The van der Waals surface area contributed by atoms with Gasteiger partial charge in [-0.15, -0.1) is 0 Å². The van der Waals surface area contributed by atoms with E-state index in [-0.39, 0.29) is 5.91 Å². The molecule has 0 saturated heterocycles. The largest absolute Gasteiger partial charge is 0.334 e. The number of aromatic amines is 1. The van der Waals surface area contributed by atoms with Crippen LogP contribution in [-0.4, -0.2) is 38.0 Å². The van der Waals surface area contributed by atoms with E-state index < -0.39 is 0 Å². The van der Waals surface area contributed by atoms with Gasteiger partial charge in [-0.25, -0.2) is 9.97 Å². The summed E-state index contributed by atoms with van der Waals surface area (Å²) >= 11 is 3.23. The number of aromatic nitrogens is 4. The van der Waals surface area contributed by atoms with Gasteiger partial charge in [-0.2, -0.15) is 5.10 Å². The van der Waals surface area contributed by atoms with Gasteiger partial charge in [0.25, 0.3) is 5.91 Å². The van der Waals surface area contributed by atoms with Crippen LogP contribution >= 0.6 is 15.9 Å². The molecular formula is C10H10BrN5O. The molecule has 0 aliphatic heterocycles. The lowest BCUT2D eigenvalue weighted by Crippen LogP contribution is -2.26. The molecule has 0 unspecified atom stereocenters. The monoisotopic (exact) mass is 295 g/mol. The minimum Gasteiger partial charge on any atom is -0.334 e. The quantitative estimate of drug-likeness (QED) is 0.865. The minimum atomic E-state index is -0.0931. The third-order valence-corrected chi connectivity index (χ3v) is 2.61. The number of pyridine rings is 1. The summed E-state index contributed by atoms with van der Waals surface area (Å²) in [6.45, 7) is 0.388. The highest BCUT2D eigenvalue weighted by molar-refractivity contribution is 9.10. The highest BCUT2D eigenvalue weighted by Crippen LogP contribution is 2.10. The molecule has 1 N–H and O–H groups in total. The van der Waals surface area contributed by atoms with Crippen LogP contribution in [0.25, 0.3) is 0 Å². The van der Waals surface area contributed by atoms with Crippen LogP contribution in [-0.2, 0) is 6.54 Å². The second-order valence-corrected chi connectivity index (χ2v) is 4.27. The van der Waals surface area contributed by atoms with Gasteiger partial charge >= 0.3 is 0 Å². The molecule has 0 aromatic carbocycles. The maximum atomic E-state index is 12.0. The van der Waals surface area contributed by atoms with E-state index in [4.69, 9.17) is 0 Å². The zero-order valence-corrected chi connectivity index (χ0v) is 10.7. The Labute approximate surface area is 106 Å². The number of carbonyl (C=O) groups is 1. The van der Waals surface area contributed by atoms with Gasteiger partial charge in [0.15, 0.2) is 0 Å². The van der Waals surface area contributed by atoms with Gasteiger partial charge < -0.3 is 4.90 Å². The Kier molecular flexibility index (Phi) is 3.48. The van der Waals surface area contributed by atoms with Gasteiger partial charge in [-0.1, -0.05) is 0 Å². The number of nitrogens with one attached hydrogen (secondary N) is 1. The number of carbonyl (C=O) groups excluding carboxylic acids is 1. The van der Waals surface area contributed by atoms with Crippen LogP contribution < -0.4 is 0 Å². The molecule has 0 saturated carbocycles. The van der Waals surface area contributed by atoms with Crippen LogP contribution in [0.2, 0.25) is 0 Å². The smallest absolute Gasteiger partial charge is 0.254 e. The predicted octanol–water partition coefficient (Wildman–Crippen LogP) is 1.23. The first-order chi connectivity index (χ1) is 8.16. The first-order valence-corrected chi connectivity index (χ1v) is 5.67. The normalized spacial score (nSPS) is 10.2. The number of hydrogen-bond acceptors (Lipinski definition) is 4. The first-order valence-electron chi connectivity index (χ1n) is 4.88. The van der Waals surface area contributed by atoms with E-state index in [1.54, 1.807) is 30.3 Å². The van der Waals surface area contributed by atoms with Gasteiger partial charge in [-0.05, 0) is 28.1 Å². The van der Waals surface area contributed by atoms with Crippen molar-refractivity contribution in [1.82, 2.24) is 25.1 Å². The molecule has 88 valence electrons. The lowest BCUT2D eigenvalue weighted by molar-refractivity contribution is 0.0781. The van der Waals surface area contributed by atoms with E-state index in [0.29, 0.717) is 22.5 Å². The summed E-state index contributed by atoms with van der Waals surface area (Å²) in [5.74, 6) is 0.554. The van der Waals surface area contributed by atoms with Gasteiger partial charge in [0.05, 0.1) is 6.54 Å². The molecule has 0 aliphatic rings. The van der Waals surface area contributed by atoms with E-state index in [9.17, 15) is 4.79 Å².